The Morgan fingerprint density at radius 1 is 1.48 bits per heavy atom. The zero-order valence-corrected chi connectivity index (χ0v) is 13.0. The molecule has 21 heavy (non-hydrogen) atoms. The molecule has 3 N–H and O–H groups in total. The highest BCUT2D eigenvalue weighted by Gasteiger charge is 2.41. The van der Waals surface area contributed by atoms with Gasteiger partial charge in [-0.1, -0.05) is 6.07 Å². The first-order valence-corrected chi connectivity index (χ1v) is 8.17. The average molecular weight is 310 g/mol. The van der Waals surface area contributed by atoms with E-state index in [1.54, 1.807) is 6.07 Å². The molecule has 0 aromatic carbocycles. The lowest BCUT2D eigenvalue weighted by molar-refractivity contribution is -0.123. The van der Waals surface area contributed by atoms with Crippen molar-refractivity contribution in [3.8, 4) is 0 Å². The van der Waals surface area contributed by atoms with Crippen LogP contribution in [0.2, 0.25) is 0 Å². The van der Waals surface area contributed by atoms with Crippen LogP contribution in [0.5, 0.6) is 0 Å². The van der Waals surface area contributed by atoms with E-state index in [0.29, 0.717) is 30.2 Å². The van der Waals surface area contributed by atoms with E-state index in [-0.39, 0.29) is 18.4 Å². The zero-order valence-electron chi connectivity index (χ0n) is 12.2. The van der Waals surface area contributed by atoms with Gasteiger partial charge in [0.05, 0.1) is 17.0 Å². The summed E-state index contributed by atoms with van der Waals surface area (Å²) < 4.78 is 0. The summed E-state index contributed by atoms with van der Waals surface area (Å²) >= 11 is 1.40. The van der Waals surface area contributed by atoms with Gasteiger partial charge in [-0.2, -0.15) is 0 Å². The Morgan fingerprint density at radius 2 is 2.24 bits per heavy atom. The number of hydrogen-bond donors (Lipinski definition) is 3. The second kappa shape index (κ2) is 7.04. The number of amides is 2. The van der Waals surface area contributed by atoms with Crippen molar-refractivity contribution in [3.63, 3.8) is 0 Å². The topological polar surface area (TPSA) is 78.4 Å². The van der Waals surface area contributed by atoms with E-state index < -0.39 is 5.54 Å². The summed E-state index contributed by atoms with van der Waals surface area (Å²) in [5, 5.41) is 17.0. The predicted molar refractivity (Wildman–Crippen MR) is 82.2 cm³/mol. The Balaban J connectivity index is 1.64. The molecule has 1 fully saturated rings. The molecule has 0 bridgehead atoms. The van der Waals surface area contributed by atoms with Crippen molar-refractivity contribution in [3.05, 3.63) is 22.4 Å². The fourth-order valence-corrected chi connectivity index (χ4v) is 2.96. The molecular formula is C15H22N2O3S. The number of aliphatic hydroxyl groups is 1. The fourth-order valence-electron chi connectivity index (χ4n) is 2.32. The Bertz CT molecular complexity index is 485. The molecule has 1 saturated carbocycles. The maximum absolute atomic E-state index is 11.9. The molecule has 1 aliphatic carbocycles. The molecule has 6 heteroatoms. The lowest BCUT2D eigenvalue weighted by atomic mass is 9.96. The third kappa shape index (κ3) is 4.54. The second-order valence-electron chi connectivity index (χ2n) is 5.73. The van der Waals surface area contributed by atoms with Crippen LogP contribution in [-0.2, 0) is 4.79 Å². The van der Waals surface area contributed by atoms with Crippen LogP contribution in [0.15, 0.2) is 17.5 Å². The van der Waals surface area contributed by atoms with Gasteiger partial charge in [0.25, 0.3) is 5.91 Å². The minimum Gasteiger partial charge on any atom is -0.394 e. The zero-order chi connectivity index (χ0) is 15.3. The van der Waals surface area contributed by atoms with Crippen LogP contribution in [0, 0.1) is 5.92 Å². The number of aliphatic hydroxyl groups excluding tert-OH is 1. The minimum absolute atomic E-state index is 0.0292. The van der Waals surface area contributed by atoms with E-state index in [1.165, 1.54) is 11.3 Å². The van der Waals surface area contributed by atoms with E-state index in [0.717, 1.165) is 12.8 Å². The maximum Gasteiger partial charge on any atom is 0.261 e. The van der Waals surface area contributed by atoms with Crippen molar-refractivity contribution in [1.29, 1.82) is 0 Å². The van der Waals surface area contributed by atoms with Gasteiger partial charge >= 0.3 is 0 Å². The molecule has 1 heterocycles. The van der Waals surface area contributed by atoms with Crippen molar-refractivity contribution in [2.45, 2.75) is 38.1 Å². The molecule has 0 saturated heterocycles. The molecule has 1 aliphatic rings. The standard InChI is InChI=1S/C15H22N2O3S/c1-15(10-18,11-6-7-11)17-13(19)5-2-8-16-14(20)12-4-3-9-21-12/h3-4,9,11,18H,2,5-8,10H2,1H3,(H,16,20)(H,17,19). The third-order valence-corrected chi connectivity index (χ3v) is 4.71. The number of carbonyl (C=O) groups excluding carboxylic acids is 2. The minimum atomic E-state index is -0.489. The maximum atomic E-state index is 11.9. The molecule has 1 aromatic heterocycles. The highest BCUT2D eigenvalue weighted by Crippen LogP contribution is 2.39. The van der Waals surface area contributed by atoms with Gasteiger partial charge < -0.3 is 15.7 Å². The van der Waals surface area contributed by atoms with Gasteiger partial charge in [-0.05, 0) is 43.6 Å². The van der Waals surface area contributed by atoms with Crippen LogP contribution in [0.25, 0.3) is 0 Å². The number of hydrogen-bond acceptors (Lipinski definition) is 4. The third-order valence-electron chi connectivity index (χ3n) is 3.84. The van der Waals surface area contributed by atoms with Crippen molar-refractivity contribution in [2.75, 3.05) is 13.2 Å². The molecule has 0 radical (unpaired) electrons. The lowest BCUT2D eigenvalue weighted by Gasteiger charge is -2.28. The van der Waals surface area contributed by atoms with Crippen LogP contribution < -0.4 is 10.6 Å². The normalized spacial score (nSPS) is 17.0. The Kier molecular flexibility index (Phi) is 5.36. The summed E-state index contributed by atoms with van der Waals surface area (Å²) in [4.78, 5) is 24.3. The molecular weight excluding hydrogens is 288 g/mol. The molecule has 2 amide bonds. The molecule has 0 aliphatic heterocycles. The number of thiophene rings is 1. The van der Waals surface area contributed by atoms with Crippen LogP contribution >= 0.6 is 11.3 Å². The molecule has 1 unspecified atom stereocenters. The highest BCUT2D eigenvalue weighted by molar-refractivity contribution is 7.12. The van der Waals surface area contributed by atoms with E-state index >= 15 is 0 Å². The Morgan fingerprint density at radius 3 is 2.81 bits per heavy atom. The van der Waals surface area contributed by atoms with Gasteiger partial charge in [0.2, 0.25) is 5.91 Å². The first-order valence-electron chi connectivity index (χ1n) is 7.29. The summed E-state index contributed by atoms with van der Waals surface area (Å²) in [6, 6.07) is 3.61. The van der Waals surface area contributed by atoms with Crippen molar-refractivity contribution >= 4 is 23.2 Å². The number of carbonyl (C=O) groups is 2. The lowest BCUT2D eigenvalue weighted by Crippen LogP contribution is -2.50. The number of rotatable bonds is 8. The molecule has 0 spiro atoms. The number of nitrogens with one attached hydrogen (secondary N) is 2. The van der Waals surface area contributed by atoms with Crippen LogP contribution in [0.1, 0.15) is 42.3 Å². The van der Waals surface area contributed by atoms with Gasteiger partial charge in [0.1, 0.15) is 0 Å². The average Bonchev–Trinajstić information content (AvgIpc) is 3.19. The van der Waals surface area contributed by atoms with E-state index in [4.69, 9.17) is 0 Å². The molecule has 5 nitrogen and oxygen atoms in total. The van der Waals surface area contributed by atoms with E-state index in [1.807, 2.05) is 18.4 Å². The molecule has 1 atom stereocenters. The first kappa shape index (κ1) is 16.0. The van der Waals surface area contributed by atoms with E-state index in [2.05, 4.69) is 10.6 Å². The molecule has 2 rings (SSSR count). The highest BCUT2D eigenvalue weighted by atomic mass is 32.1. The summed E-state index contributed by atoms with van der Waals surface area (Å²) in [6.07, 6.45) is 3.07. The van der Waals surface area contributed by atoms with Crippen molar-refractivity contribution in [1.82, 2.24) is 10.6 Å². The van der Waals surface area contributed by atoms with Crippen LogP contribution in [0.4, 0.5) is 0 Å². The largest absolute Gasteiger partial charge is 0.394 e. The predicted octanol–water partition coefficient (Wildman–Crippen LogP) is 1.54. The monoisotopic (exact) mass is 310 g/mol. The smallest absolute Gasteiger partial charge is 0.261 e. The summed E-state index contributed by atoms with van der Waals surface area (Å²) in [6.45, 7) is 2.34. The van der Waals surface area contributed by atoms with Gasteiger partial charge in [0.15, 0.2) is 0 Å². The van der Waals surface area contributed by atoms with Crippen molar-refractivity contribution < 1.29 is 14.7 Å². The van der Waals surface area contributed by atoms with Crippen LogP contribution in [0.3, 0.4) is 0 Å². The first-order chi connectivity index (χ1) is 10.0. The second-order valence-corrected chi connectivity index (χ2v) is 6.68. The fraction of sp³-hybridized carbons (Fsp3) is 0.600. The summed E-state index contributed by atoms with van der Waals surface area (Å²) in [7, 11) is 0. The quantitative estimate of drug-likeness (QED) is 0.637. The Hall–Kier alpha value is -1.40. The molecule has 116 valence electrons. The SMILES string of the molecule is CC(CO)(NC(=O)CCCNC(=O)c1cccs1)C1CC1. The van der Waals surface area contributed by atoms with Gasteiger partial charge in [-0.15, -0.1) is 11.3 Å². The van der Waals surface area contributed by atoms with Crippen LogP contribution in [-0.4, -0.2) is 35.6 Å². The van der Waals surface area contributed by atoms with Crippen molar-refractivity contribution in [2.24, 2.45) is 5.92 Å². The van der Waals surface area contributed by atoms with Gasteiger partial charge in [0, 0.05) is 13.0 Å². The summed E-state index contributed by atoms with van der Waals surface area (Å²) in [5.74, 6) is 0.234. The van der Waals surface area contributed by atoms with Gasteiger partial charge in [-0.3, -0.25) is 9.59 Å². The van der Waals surface area contributed by atoms with E-state index in [9.17, 15) is 14.7 Å². The molecule has 1 aromatic rings. The summed E-state index contributed by atoms with van der Waals surface area (Å²) in [5.41, 5.74) is -0.489. The Labute approximate surface area is 128 Å². The van der Waals surface area contributed by atoms with Gasteiger partial charge in [-0.25, -0.2) is 0 Å².